The third-order valence-electron chi connectivity index (χ3n) is 7.23. The molecule has 0 N–H and O–H groups in total. The lowest BCUT2D eigenvalue weighted by molar-refractivity contribution is 0.285. The summed E-state index contributed by atoms with van der Waals surface area (Å²) in [5.74, 6) is 0. The number of benzene rings is 2. The Bertz CT molecular complexity index is 1520. The minimum Gasteiger partial charge on any atom is -0.361 e. The average Bonchev–Trinajstić information content (AvgIpc) is 3.68. The number of aryl methyl sites for hydroxylation is 2. The molecule has 0 unspecified atom stereocenters. The zero-order valence-corrected chi connectivity index (χ0v) is 22.4. The number of imidazole rings is 2. The number of nitrogens with zero attached hydrogens (tertiary/aromatic N) is 7. The zero-order chi connectivity index (χ0) is 26.7. The van der Waals surface area contributed by atoms with Gasteiger partial charge < -0.3 is 14.0 Å². The summed E-state index contributed by atoms with van der Waals surface area (Å²) in [5, 5.41) is 9.37. The molecule has 2 heterocycles. The molecule has 0 amide bonds. The highest BCUT2D eigenvalue weighted by Crippen LogP contribution is 2.36. The highest BCUT2D eigenvalue weighted by Gasteiger charge is 2.42. The van der Waals surface area contributed by atoms with E-state index in [2.05, 4.69) is 20.9 Å². The lowest BCUT2D eigenvalue weighted by Gasteiger charge is -2.39. The van der Waals surface area contributed by atoms with Crippen LogP contribution in [0.3, 0.4) is 0 Å². The number of sulfonamides is 1. The summed E-state index contributed by atoms with van der Waals surface area (Å²) in [6.07, 6.45) is 9.17. The first-order valence-corrected chi connectivity index (χ1v) is 14.1. The Kier molecular flexibility index (Phi) is 7.31. The summed E-state index contributed by atoms with van der Waals surface area (Å²) in [6, 6.07) is 19.0. The minimum absolute atomic E-state index is 0.0538. The molecule has 10 heteroatoms. The van der Waals surface area contributed by atoms with Crippen LogP contribution in [0.5, 0.6) is 0 Å². The normalized spacial score (nSPS) is 17.5. The first-order valence-electron chi connectivity index (χ1n) is 12.6. The van der Waals surface area contributed by atoms with E-state index in [4.69, 9.17) is 0 Å². The van der Waals surface area contributed by atoms with Crippen LogP contribution in [-0.2, 0) is 37.2 Å². The largest absolute Gasteiger partial charge is 0.361 e. The highest BCUT2D eigenvalue weighted by atomic mass is 32.2. The fourth-order valence-corrected chi connectivity index (χ4v) is 6.89. The van der Waals surface area contributed by atoms with Crippen molar-refractivity contribution in [2.75, 3.05) is 4.90 Å². The molecule has 5 rings (SSSR count). The van der Waals surface area contributed by atoms with Gasteiger partial charge in [-0.3, -0.25) is 0 Å². The molecule has 2 aromatic carbocycles. The van der Waals surface area contributed by atoms with Crippen LogP contribution < -0.4 is 4.90 Å². The van der Waals surface area contributed by atoms with Gasteiger partial charge in [0.05, 0.1) is 36.5 Å². The molecule has 2 atom stereocenters. The Hall–Kier alpha value is -3.94. The molecule has 38 heavy (non-hydrogen) atoms. The van der Waals surface area contributed by atoms with Crippen LogP contribution in [0.25, 0.3) is 0 Å². The van der Waals surface area contributed by atoms with Crippen molar-refractivity contribution >= 4 is 15.7 Å². The Morgan fingerprint density at radius 1 is 1.00 bits per heavy atom. The fourth-order valence-electron chi connectivity index (χ4n) is 5.25. The maximum atomic E-state index is 14.1. The molecule has 0 radical (unpaired) electrons. The second-order valence-corrected chi connectivity index (χ2v) is 11.6. The van der Waals surface area contributed by atoms with E-state index in [1.807, 2.05) is 72.4 Å². The number of hydrogen-bond donors (Lipinski definition) is 0. The fraction of sp³-hybridized carbons (Fsp3) is 0.321. The van der Waals surface area contributed by atoms with Gasteiger partial charge in [0.2, 0.25) is 0 Å². The molecule has 2 aromatic heterocycles. The Morgan fingerprint density at radius 2 is 1.74 bits per heavy atom. The molecule has 1 fully saturated rings. The predicted octanol–water partition coefficient (Wildman–Crippen LogP) is 3.84. The van der Waals surface area contributed by atoms with Gasteiger partial charge in [-0.15, -0.1) is 0 Å². The zero-order valence-electron chi connectivity index (χ0n) is 21.6. The van der Waals surface area contributed by atoms with Crippen LogP contribution in [0.15, 0.2) is 84.7 Å². The molecule has 1 saturated carbocycles. The first-order chi connectivity index (χ1) is 18.4. The van der Waals surface area contributed by atoms with Crippen molar-refractivity contribution in [3.8, 4) is 6.07 Å². The van der Waals surface area contributed by atoms with Crippen molar-refractivity contribution in [3.05, 3.63) is 96.5 Å². The Balaban J connectivity index is 1.57. The van der Waals surface area contributed by atoms with Gasteiger partial charge in [0, 0.05) is 50.8 Å². The van der Waals surface area contributed by atoms with Gasteiger partial charge in [-0.05, 0) is 49.1 Å². The van der Waals surface area contributed by atoms with Crippen molar-refractivity contribution < 1.29 is 8.42 Å². The quantitative estimate of drug-likeness (QED) is 0.327. The van der Waals surface area contributed by atoms with Gasteiger partial charge in [0.1, 0.15) is 0 Å². The van der Waals surface area contributed by atoms with Crippen LogP contribution in [0.4, 0.5) is 5.69 Å². The van der Waals surface area contributed by atoms with Crippen molar-refractivity contribution in [2.45, 2.75) is 49.5 Å². The molecule has 1 aliphatic carbocycles. The van der Waals surface area contributed by atoms with Crippen LogP contribution in [0.2, 0.25) is 0 Å². The molecule has 0 bridgehead atoms. The monoisotopic (exact) mass is 529 g/mol. The van der Waals surface area contributed by atoms with Crippen molar-refractivity contribution in [1.29, 1.82) is 5.26 Å². The maximum Gasteiger partial charge on any atom is 0.262 e. The van der Waals surface area contributed by atoms with Gasteiger partial charge >= 0.3 is 0 Å². The predicted molar refractivity (Wildman–Crippen MR) is 144 cm³/mol. The van der Waals surface area contributed by atoms with E-state index < -0.39 is 10.0 Å². The number of hydrogen-bond acceptors (Lipinski definition) is 6. The van der Waals surface area contributed by atoms with Crippen LogP contribution >= 0.6 is 0 Å². The second-order valence-electron chi connectivity index (χ2n) is 9.76. The van der Waals surface area contributed by atoms with Crippen LogP contribution in [-0.4, -0.2) is 43.9 Å². The van der Waals surface area contributed by atoms with Crippen LogP contribution in [0, 0.1) is 11.3 Å². The maximum absolute atomic E-state index is 14.1. The summed E-state index contributed by atoms with van der Waals surface area (Å²) < 4.78 is 33.4. The summed E-state index contributed by atoms with van der Waals surface area (Å²) in [5.41, 5.74) is 3.47. The van der Waals surface area contributed by atoms with Crippen molar-refractivity contribution in [3.63, 3.8) is 0 Å². The molecule has 1 aliphatic rings. The Morgan fingerprint density at radius 3 is 2.37 bits per heavy atom. The number of nitriles is 1. The van der Waals surface area contributed by atoms with Gasteiger partial charge in [0.25, 0.3) is 10.0 Å². The van der Waals surface area contributed by atoms with Gasteiger partial charge in [-0.2, -0.15) is 9.57 Å². The first kappa shape index (κ1) is 25.7. The number of aromatic nitrogens is 4. The minimum atomic E-state index is -3.88. The molecular weight excluding hydrogens is 498 g/mol. The van der Waals surface area contributed by atoms with Crippen molar-refractivity contribution in [2.24, 2.45) is 14.1 Å². The molecule has 196 valence electrons. The molecule has 0 spiro atoms. The SMILES string of the molecule is Cn1cnc(S(=O)(=O)N(Cc2ccccc2)[C@H]2CCC[C@@H]2N(Cc2cncn2C)c2ccc(C#N)cc2)c1. The molecule has 9 nitrogen and oxygen atoms in total. The third kappa shape index (κ3) is 5.21. The molecule has 0 saturated heterocycles. The molecular formula is C28H31N7O2S. The van der Waals surface area contributed by atoms with E-state index in [0.29, 0.717) is 12.1 Å². The second kappa shape index (κ2) is 10.8. The van der Waals surface area contributed by atoms with Crippen LogP contribution in [0.1, 0.15) is 36.1 Å². The van der Waals surface area contributed by atoms with E-state index in [9.17, 15) is 13.7 Å². The lowest BCUT2D eigenvalue weighted by atomic mass is 10.1. The standard InChI is InChI=1S/C28H31N7O2S/c1-32-19-28(31-21-32)38(36,37)35(17-23-7-4-3-5-8-23)27-10-6-9-26(27)34(18-25-16-30-20-33(25)2)24-13-11-22(15-29)12-14-24/h3-5,7-8,11-14,16,19-21,26-27H,6,9-10,17-18H2,1-2H3/t26-,27-/m0/s1. The van der Waals surface area contributed by atoms with E-state index in [1.54, 1.807) is 28.4 Å². The smallest absolute Gasteiger partial charge is 0.262 e. The van der Waals surface area contributed by atoms with E-state index >= 15 is 0 Å². The topological polar surface area (TPSA) is 100 Å². The van der Waals surface area contributed by atoms with Gasteiger partial charge in [0.15, 0.2) is 5.03 Å². The summed E-state index contributed by atoms with van der Waals surface area (Å²) >= 11 is 0. The summed E-state index contributed by atoms with van der Waals surface area (Å²) in [7, 11) is -0.150. The van der Waals surface area contributed by atoms with Gasteiger partial charge in [-0.1, -0.05) is 30.3 Å². The Labute approximate surface area is 223 Å². The molecule has 0 aliphatic heterocycles. The number of rotatable bonds is 9. The number of anilines is 1. The average molecular weight is 530 g/mol. The van der Waals surface area contributed by atoms with Crippen molar-refractivity contribution in [1.82, 2.24) is 23.4 Å². The molecule has 4 aromatic rings. The summed E-state index contributed by atoms with van der Waals surface area (Å²) in [4.78, 5) is 10.8. The van der Waals surface area contributed by atoms with E-state index in [1.165, 1.54) is 6.33 Å². The van der Waals surface area contributed by atoms with Gasteiger partial charge in [-0.25, -0.2) is 18.4 Å². The van der Waals surface area contributed by atoms with E-state index in [-0.39, 0.29) is 23.7 Å². The summed E-state index contributed by atoms with van der Waals surface area (Å²) in [6.45, 7) is 0.820. The highest BCUT2D eigenvalue weighted by molar-refractivity contribution is 7.89. The lowest BCUT2D eigenvalue weighted by Crippen LogP contribution is -2.51. The van der Waals surface area contributed by atoms with E-state index in [0.717, 1.165) is 36.2 Å². The third-order valence-corrected chi connectivity index (χ3v) is 8.98.